The zero-order chi connectivity index (χ0) is 11.3. The SMILES string of the molecule is CC[C@@H](C=N)C(=O)Nc1ccc(Br)cc1. The molecule has 0 aliphatic carbocycles. The van der Waals surface area contributed by atoms with Crippen molar-refractivity contribution in [3.8, 4) is 0 Å². The Morgan fingerprint density at radius 1 is 1.53 bits per heavy atom. The first-order chi connectivity index (χ1) is 7.17. The van der Waals surface area contributed by atoms with Gasteiger partial charge in [-0.3, -0.25) is 4.79 Å². The van der Waals surface area contributed by atoms with Crippen molar-refractivity contribution >= 4 is 33.7 Å². The van der Waals surface area contributed by atoms with E-state index in [9.17, 15) is 4.79 Å². The Morgan fingerprint density at radius 3 is 2.60 bits per heavy atom. The molecule has 0 aliphatic rings. The number of rotatable bonds is 4. The lowest BCUT2D eigenvalue weighted by Crippen LogP contribution is -2.22. The summed E-state index contributed by atoms with van der Waals surface area (Å²) in [4.78, 5) is 11.6. The largest absolute Gasteiger partial charge is 0.326 e. The van der Waals surface area contributed by atoms with Gasteiger partial charge in [-0.2, -0.15) is 0 Å². The molecule has 0 saturated heterocycles. The number of benzene rings is 1. The maximum Gasteiger partial charge on any atom is 0.232 e. The maximum absolute atomic E-state index is 11.6. The average Bonchev–Trinajstić information content (AvgIpc) is 2.23. The van der Waals surface area contributed by atoms with Gasteiger partial charge in [-0.05, 0) is 30.7 Å². The smallest absolute Gasteiger partial charge is 0.232 e. The highest BCUT2D eigenvalue weighted by atomic mass is 79.9. The molecule has 0 bridgehead atoms. The fraction of sp³-hybridized carbons (Fsp3) is 0.273. The number of hydrogen-bond acceptors (Lipinski definition) is 2. The number of anilines is 1. The summed E-state index contributed by atoms with van der Waals surface area (Å²) in [5.41, 5.74) is 0.753. The molecule has 2 N–H and O–H groups in total. The molecule has 0 saturated carbocycles. The van der Waals surface area contributed by atoms with Crippen LogP contribution in [0.25, 0.3) is 0 Å². The van der Waals surface area contributed by atoms with Crippen molar-refractivity contribution in [2.24, 2.45) is 5.92 Å². The number of carbonyl (C=O) groups excluding carboxylic acids is 1. The Labute approximate surface area is 97.5 Å². The molecular weight excluding hydrogens is 256 g/mol. The minimum absolute atomic E-state index is 0.130. The van der Waals surface area contributed by atoms with Crippen LogP contribution in [-0.4, -0.2) is 12.1 Å². The molecule has 1 amide bonds. The van der Waals surface area contributed by atoms with Gasteiger partial charge < -0.3 is 10.7 Å². The van der Waals surface area contributed by atoms with E-state index < -0.39 is 0 Å². The van der Waals surface area contributed by atoms with E-state index >= 15 is 0 Å². The molecule has 4 heteroatoms. The zero-order valence-corrected chi connectivity index (χ0v) is 10.0. The van der Waals surface area contributed by atoms with Gasteiger partial charge in [0.15, 0.2) is 0 Å². The van der Waals surface area contributed by atoms with Crippen LogP contribution in [0.2, 0.25) is 0 Å². The molecule has 0 radical (unpaired) electrons. The fourth-order valence-electron chi connectivity index (χ4n) is 1.15. The van der Waals surface area contributed by atoms with E-state index in [0.717, 1.165) is 10.2 Å². The Morgan fingerprint density at radius 2 is 2.13 bits per heavy atom. The molecule has 15 heavy (non-hydrogen) atoms. The van der Waals surface area contributed by atoms with Crippen LogP contribution in [-0.2, 0) is 4.79 Å². The Kier molecular flexibility index (Phi) is 4.49. The topological polar surface area (TPSA) is 53.0 Å². The van der Waals surface area contributed by atoms with Crippen LogP contribution >= 0.6 is 15.9 Å². The Balaban J connectivity index is 2.65. The Bertz CT molecular complexity index is 348. The molecule has 1 atom stereocenters. The molecule has 0 unspecified atom stereocenters. The molecule has 0 aliphatic heterocycles. The monoisotopic (exact) mass is 268 g/mol. The number of amides is 1. The third-order valence-electron chi connectivity index (χ3n) is 2.09. The van der Waals surface area contributed by atoms with Crippen molar-refractivity contribution in [1.82, 2.24) is 0 Å². The second kappa shape index (κ2) is 5.66. The second-order valence-electron chi connectivity index (χ2n) is 3.18. The lowest BCUT2D eigenvalue weighted by Gasteiger charge is -2.09. The summed E-state index contributed by atoms with van der Waals surface area (Å²) in [5.74, 6) is -0.469. The van der Waals surface area contributed by atoms with E-state index in [2.05, 4.69) is 21.2 Å². The van der Waals surface area contributed by atoms with Gasteiger partial charge in [0.25, 0.3) is 0 Å². The minimum Gasteiger partial charge on any atom is -0.326 e. The third-order valence-corrected chi connectivity index (χ3v) is 2.62. The molecule has 1 aromatic carbocycles. The van der Waals surface area contributed by atoms with Crippen LogP contribution in [0.4, 0.5) is 5.69 Å². The molecule has 0 fully saturated rings. The summed E-state index contributed by atoms with van der Waals surface area (Å²) in [6.45, 7) is 1.89. The maximum atomic E-state index is 11.6. The van der Waals surface area contributed by atoms with Crippen molar-refractivity contribution in [3.05, 3.63) is 28.7 Å². The van der Waals surface area contributed by atoms with Gasteiger partial charge >= 0.3 is 0 Å². The highest BCUT2D eigenvalue weighted by Gasteiger charge is 2.12. The first kappa shape index (κ1) is 11.9. The molecule has 1 rings (SSSR count). The van der Waals surface area contributed by atoms with Gasteiger partial charge in [-0.15, -0.1) is 0 Å². The summed E-state index contributed by atoms with van der Waals surface area (Å²) < 4.78 is 0.972. The first-order valence-electron chi connectivity index (χ1n) is 4.74. The minimum atomic E-state index is -0.339. The first-order valence-corrected chi connectivity index (χ1v) is 5.53. The number of hydrogen-bond donors (Lipinski definition) is 2. The number of nitrogens with one attached hydrogen (secondary N) is 2. The lowest BCUT2D eigenvalue weighted by atomic mass is 10.1. The van der Waals surface area contributed by atoms with Crippen LogP contribution in [0.5, 0.6) is 0 Å². The van der Waals surface area contributed by atoms with E-state index in [1.54, 1.807) is 0 Å². The van der Waals surface area contributed by atoms with Gasteiger partial charge in [0.1, 0.15) is 0 Å². The molecule has 0 heterocycles. The third kappa shape index (κ3) is 3.47. The van der Waals surface area contributed by atoms with E-state index in [1.807, 2.05) is 31.2 Å². The summed E-state index contributed by atoms with van der Waals surface area (Å²) in [5, 5.41) is 9.86. The Hall–Kier alpha value is -1.16. The van der Waals surface area contributed by atoms with E-state index in [4.69, 9.17) is 5.41 Å². The van der Waals surface area contributed by atoms with E-state index in [0.29, 0.717) is 6.42 Å². The second-order valence-corrected chi connectivity index (χ2v) is 4.09. The molecule has 3 nitrogen and oxygen atoms in total. The van der Waals surface area contributed by atoms with Crippen LogP contribution in [0, 0.1) is 11.3 Å². The van der Waals surface area contributed by atoms with Gasteiger partial charge in [0.05, 0.1) is 5.92 Å². The normalized spacial score (nSPS) is 11.9. The summed E-state index contributed by atoms with van der Waals surface area (Å²) >= 11 is 3.32. The number of halogens is 1. The van der Waals surface area contributed by atoms with Gasteiger partial charge in [0, 0.05) is 16.4 Å². The van der Waals surface area contributed by atoms with Crippen molar-refractivity contribution < 1.29 is 4.79 Å². The summed E-state index contributed by atoms with van der Waals surface area (Å²) in [7, 11) is 0. The molecule has 0 aromatic heterocycles. The fourth-order valence-corrected chi connectivity index (χ4v) is 1.41. The highest BCUT2D eigenvalue weighted by molar-refractivity contribution is 9.10. The van der Waals surface area contributed by atoms with Crippen molar-refractivity contribution in [1.29, 1.82) is 5.41 Å². The van der Waals surface area contributed by atoms with Gasteiger partial charge in [-0.1, -0.05) is 22.9 Å². The van der Waals surface area contributed by atoms with Crippen LogP contribution < -0.4 is 5.32 Å². The summed E-state index contributed by atoms with van der Waals surface area (Å²) in [6.07, 6.45) is 1.82. The summed E-state index contributed by atoms with van der Waals surface area (Å²) in [6, 6.07) is 7.36. The average molecular weight is 269 g/mol. The molecule has 80 valence electrons. The standard InChI is InChI=1S/C11H13BrN2O/c1-2-8(7-13)11(15)14-10-5-3-9(12)4-6-10/h3-8,13H,2H2,1H3,(H,14,15)/t8-/m0/s1. The molecule has 1 aromatic rings. The predicted octanol–water partition coefficient (Wildman–Crippen LogP) is 3.06. The van der Waals surface area contributed by atoms with Gasteiger partial charge in [-0.25, -0.2) is 0 Å². The van der Waals surface area contributed by atoms with Crippen LogP contribution in [0.3, 0.4) is 0 Å². The van der Waals surface area contributed by atoms with E-state index in [1.165, 1.54) is 6.21 Å². The highest BCUT2D eigenvalue weighted by Crippen LogP contribution is 2.15. The predicted molar refractivity (Wildman–Crippen MR) is 65.3 cm³/mol. The van der Waals surface area contributed by atoms with Crippen molar-refractivity contribution in [2.45, 2.75) is 13.3 Å². The van der Waals surface area contributed by atoms with Crippen molar-refractivity contribution in [2.75, 3.05) is 5.32 Å². The van der Waals surface area contributed by atoms with E-state index in [-0.39, 0.29) is 11.8 Å². The van der Waals surface area contributed by atoms with Crippen LogP contribution in [0.1, 0.15) is 13.3 Å². The van der Waals surface area contributed by atoms with Crippen molar-refractivity contribution in [3.63, 3.8) is 0 Å². The van der Waals surface area contributed by atoms with Crippen LogP contribution in [0.15, 0.2) is 28.7 Å². The lowest BCUT2D eigenvalue weighted by molar-refractivity contribution is -0.118. The molecule has 0 spiro atoms. The molecular formula is C11H13BrN2O. The quantitative estimate of drug-likeness (QED) is 0.811. The number of carbonyl (C=O) groups is 1. The van der Waals surface area contributed by atoms with Gasteiger partial charge in [0.2, 0.25) is 5.91 Å². The zero-order valence-electron chi connectivity index (χ0n) is 8.46.